The first-order valence-electron chi connectivity index (χ1n) is 9.20. The zero-order valence-corrected chi connectivity index (χ0v) is 17.4. The van der Waals surface area contributed by atoms with Crippen LogP contribution in [0.4, 0.5) is 4.39 Å². The van der Waals surface area contributed by atoms with Crippen LogP contribution in [0.2, 0.25) is 0 Å². The Bertz CT molecular complexity index is 986. The molecule has 2 aromatic carbocycles. The molecule has 7 heteroatoms. The summed E-state index contributed by atoms with van der Waals surface area (Å²) in [5.41, 5.74) is 2.71. The monoisotopic (exact) mass is 414 g/mol. The summed E-state index contributed by atoms with van der Waals surface area (Å²) in [6.07, 6.45) is 1.25. The molecule has 3 aromatic rings. The first-order valence-corrected chi connectivity index (χ1v) is 10.0. The third kappa shape index (κ3) is 5.32. The predicted molar refractivity (Wildman–Crippen MR) is 112 cm³/mol. The smallest absolute Gasteiger partial charge is 0.263 e. The topological polar surface area (TPSA) is 60.5 Å². The molecular formula is C22H23FN2O3S. The van der Waals surface area contributed by atoms with Crippen molar-refractivity contribution in [2.75, 3.05) is 20.8 Å². The molecule has 3 rings (SSSR count). The second-order valence-corrected chi connectivity index (χ2v) is 7.60. The van der Waals surface area contributed by atoms with E-state index in [1.54, 1.807) is 26.4 Å². The minimum Gasteiger partial charge on any atom is -0.493 e. The average molecular weight is 415 g/mol. The number of aromatic nitrogens is 1. The number of nitrogens with zero attached hydrogens (tertiary/aromatic N) is 1. The summed E-state index contributed by atoms with van der Waals surface area (Å²) in [7, 11) is 3.19. The molecule has 1 heterocycles. The predicted octanol–water partition coefficient (Wildman–Crippen LogP) is 4.17. The maximum atomic E-state index is 13.0. The van der Waals surface area contributed by atoms with Gasteiger partial charge in [0.2, 0.25) is 0 Å². The van der Waals surface area contributed by atoms with E-state index in [-0.39, 0.29) is 11.7 Å². The van der Waals surface area contributed by atoms with Crippen LogP contribution in [0.1, 0.15) is 31.5 Å². The highest BCUT2D eigenvalue weighted by molar-refractivity contribution is 7.13. The van der Waals surface area contributed by atoms with E-state index in [0.29, 0.717) is 41.5 Å². The fourth-order valence-electron chi connectivity index (χ4n) is 2.95. The van der Waals surface area contributed by atoms with Gasteiger partial charge in [-0.15, -0.1) is 11.3 Å². The van der Waals surface area contributed by atoms with Crippen LogP contribution in [0.15, 0.2) is 42.5 Å². The number of benzene rings is 2. The molecule has 1 aromatic heterocycles. The van der Waals surface area contributed by atoms with Gasteiger partial charge in [0.05, 0.1) is 24.9 Å². The summed E-state index contributed by atoms with van der Waals surface area (Å²) >= 11 is 1.37. The molecule has 29 heavy (non-hydrogen) atoms. The molecule has 0 aliphatic heterocycles. The molecule has 0 saturated carbocycles. The molecule has 152 valence electrons. The lowest BCUT2D eigenvalue weighted by molar-refractivity contribution is 0.0957. The SMILES string of the molecule is COc1ccc(CCNC(=O)c2sc(Cc3ccc(F)cc3)nc2C)cc1OC. The van der Waals surface area contributed by atoms with Gasteiger partial charge >= 0.3 is 0 Å². The van der Waals surface area contributed by atoms with Crippen LogP contribution < -0.4 is 14.8 Å². The van der Waals surface area contributed by atoms with Crippen molar-refractivity contribution in [3.8, 4) is 11.5 Å². The van der Waals surface area contributed by atoms with Gasteiger partial charge in [-0.2, -0.15) is 0 Å². The Morgan fingerprint density at radius 3 is 2.45 bits per heavy atom. The molecule has 0 bridgehead atoms. The number of thiazole rings is 1. The molecule has 0 spiro atoms. The molecule has 1 amide bonds. The molecule has 1 N–H and O–H groups in total. The standard InChI is InChI=1S/C22H23FN2O3S/c1-14-21(29-20(25-14)13-15-4-7-17(23)8-5-15)22(26)24-11-10-16-6-9-18(27-2)19(12-16)28-3/h4-9,12H,10-11,13H2,1-3H3,(H,24,26). The lowest BCUT2D eigenvalue weighted by atomic mass is 10.1. The van der Waals surface area contributed by atoms with Crippen molar-refractivity contribution in [3.63, 3.8) is 0 Å². The van der Waals surface area contributed by atoms with Crippen molar-refractivity contribution in [1.29, 1.82) is 0 Å². The fourth-order valence-corrected chi connectivity index (χ4v) is 3.97. The van der Waals surface area contributed by atoms with Crippen molar-refractivity contribution in [2.24, 2.45) is 0 Å². The van der Waals surface area contributed by atoms with Crippen molar-refractivity contribution < 1.29 is 18.7 Å². The highest BCUT2D eigenvalue weighted by Crippen LogP contribution is 2.27. The maximum absolute atomic E-state index is 13.0. The first-order chi connectivity index (χ1) is 14.0. The summed E-state index contributed by atoms with van der Waals surface area (Å²) < 4.78 is 23.6. The lowest BCUT2D eigenvalue weighted by Gasteiger charge is -2.10. The summed E-state index contributed by atoms with van der Waals surface area (Å²) in [5.74, 6) is 0.943. The quantitative estimate of drug-likeness (QED) is 0.601. The van der Waals surface area contributed by atoms with E-state index in [1.165, 1.54) is 23.5 Å². The summed E-state index contributed by atoms with van der Waals surface area (Å²) in [6.45, 7) is 2.33. The zero-order chi connectivity index (χ0) is 20.8. The number of carbonyl (C=O) groups is 1. The molecule has 5 nitrogen and oxygen atoms in total. The van der Waals surface area contributed by atoms with Crippen LogP contribution in [-0.2, 0) is 12.8 Å². The number of nitrogens with one attached hydrogen (secondary N) is 1. The average Bonchev–Trinajstić information content (AvgIpc) is 3.09. The molecule has 0 saturated heterocycles. The van der Waals surface area contributed by atoms with Crippen LogP contribution in [-0.4, -0.2) is 31.7 Å². The Labute approximate surface area is 173 Å². The third-order valence-electron chi connectivity index (χ3n) is 4.46. The minimum absolute atomic E-state index is 0.133. The van der Waals surface area contributed by atoms with E-state index in [9.17, 15) is 9.18 Å². The number of methoxy groups -OCH3 is 2. The van der Waals surface area contributed by atoms with Crippen molar-refractivity contribution in [1.82, 2.24) is 10.3 Å². The van der Waals surface area contributed by atoms with Gasteiger partial charge in [-0.05, 0) is 48.7 Å². The Morgan fingerprint density at radius 1 is 1.07 bits per heavy atom. The minimum atomic E-state index is -0.265. The van der Waals surface area contributed by atoms with Crippen LogP contribution >= 0.6 is 11.3 Å². The zero-order valence-electron chi connectivity index (χ0n) is 16.6. The second-order valence-electron chi connectivity index (χ2n) is 6.52. The van der Waals surface area contributed by atoms with Gasteiger partial charge in [0.25, 0.3) is 5.91 Å². The number of rotatable bonds is 8. The number of amides is 1. The summed E-state index contributed by atoms with van der Waals surface area (Å²) in [4.78, 5) is 17.7. The van der Waals surface area contributed by atoms with Gasteiger partial charge in [-0.25, -0.2) is 9.37 Å². The number of carbonyl (C=O) groups excluding carboxylic acids is 1. The Balaban J connectivity index is 1.58. The summed E-state index contributed by atoms with van der Waals surface area (Å²) in [5, 5.41) is 3.78. The van der Waals surface area contributed by atoms with Gasteiger partial charge in [0.1, 0.15) is 10.7 Å². The molecule has 0 atom stereocenters. The van der Waals surface area contributed by atoms with E-state index < -0.39 is 0 Å². The molecule has 0 unspecified atom stereocenters. The van der Waals surface area contributed by atoms with Crippen molar-refractivity contribution in [3.05, 3.63) is 75.0 Å². The largest absolute Gasteiger partial charge is 0.493 e. The van der Waals surface area contributed by atoms with E-state index in [4.69, 9.17) is 9.47 Å². The van der Waals surface area contributed by atoms with Gasteiger partial charge in [0, 0.05) is 13.0 Å². The van der Waals surface area contributed by atoms with E-state index in [2.05, 4.69) is 10.3 Å². The Hall–Kier alpha value is -2.93. The van der Waals surface area contributed by atoms with Crippen molar-refractivity contribution in [2.45, 2.75) is 19.8 Å². The van der Waals surface area contributed by atoms with Crippen LogP contribution in [0, 0.1) is 12.7 Å². The number of ether oxygens (including phenoxy) is 2. The van der Waals surface area contributed by atoms with Gasteiger partial charge < -0.3 is 14.8 Å². The van der Waals surface area contributed by atoms with Gasteiger partial charge in [-0.1, -0.05) is 18.2 Å². The van der Waals surface area contributed by atoms with Crippen molar-refractivity contribution >= 4 is 17.2 Å². The van der Waals surface area contributed by atoms with Gasteiger partial charge in [-0.3, -0.25) is 4.79 Å². The third-order valence-corrected chi connectivity index (χ3v) is 5.62. The molecule has 0 fully saturated rings. The Kier molecular flexibility index (Phi) is 6.82. The normalized spacial score (nSPS) is 10.6. The molecule has 0 aliphatic carbocycles. The fraction of sp³-hybridized carbons (Fsp3) is 0.273. The Morgan fingerprint density at radius 2 is 1.76 bits per heavy atom. The van der Waals surface area contributed by atoms with E-state index >= 15 is 0 Å². The number of hydrogen-bond donors (Lipinski definition) is 1. The summed E-state index contributed by atoms with van der Waals surface area (Å²) in [6, 6.07) is 12.0. The highest BCUT2D eigenvalue weighted by atomic mass is 32.1. The molecule has 0 aliphatic rings. The van der Waals surface area contributed by atoms with E-state index in [1.807, 2.05) is 25.1 Å². The second kappa shape index (κ2) is 9.52. The lowest BCUT2D eigenvalue weighted by Crippen LogP contribution is -2.25. The molecular weight excluding hydrogens is 391 g/mol. The molecule has 0 radical (unpaired) electrons. The number of hydrogen-bond acceptors (Lipinski definition) is 5. The number of aryl methyl sites for hydroxylation is 1. The van der Waals surface area contributed by atoms with Crippen LogP contribution in [0.3, 0.4) is 0 Å². The van der Waals surface area contributed by atoms with E-state index in [0.717, 1.165) is 16.1 Å². The maximum Gasteiger partial charge on any atom is 0.263 e. The van der Waals surface area contributed by atoms with Crippen LogP contribution in [0.25, 0.3) is 0 Å². The number of halogens is 1. The van der Waals surface area contributed by atoms with Gasteiger partial charge in [0.15, 0.2) is 11.5 Å². The van der Waals surface area contributed by atoms with Crippen LogP contribution in [0.5, 0.6) is 11.5 Å². The highest BCUT2D eigenvalue weighted by Gasteiger charge is 2.15. The first kappa shape index (κ1) is 20.8.